The zero-order chi connectivity index (χ0) is 23.6. The molecule has 0 radical (unpaired) electrons. The van der Waals surface area contributed by atoms with Gasteiger partial charge in [-0.1, -0.05) is 42.1 Å². The normalized spacial score (nSPS) is 11.6. The van der Waals surface area contributed by atoms with Crippen molar-refractivity contribution in [1.82, 2.24) is 24.7 Å². The lowest BCUT2D eigenvalue weighted by Gasteiger charge is -2.12. The van der Waals surface area contributed by atoms with E-state index < -0.39 is 23.0 Å². The van der Waals surface area contributed by atoms with Gasteiger partial charge in [-0.3, -0.25) is 14.3 Å². The Hall–Kier alpha value is -3.60. The summed E-state index contributed by atoms with van der Waals surface area (Å²) in [5.41, 5.74) is 0.736. The number of hydrogen-bond donors (Lipinski definition) is 2. The van der Waals surface area contributed by atoms with E-state index in [2.05, 4.69) is 20.2 Å². The molecule has 11 heteroatoms. The third kappa shape index (κ3) is 5.43. The molecule has 0 saturated heterocycles. The fourth-order valence-corrected chi connectivity index (χ4v) is 4.22. The monoisotopic (exact) mass is 473 g/mol. The van der Waals surface area contributed by atoms with Crippen molar-refractivity contribution >= 4 is 11.8 Å². The van der Waals surface area contributed by atoms with Gasteiger partial charge in [0.15, 0.2) is 5.16 Å². The Bertz CT molecular complexity index is 1380. The maximum absolute atomic E-state index is 13.0. The van der Waals surface area contributed by atoms with Crippen LogP contribution in [-0.4, -0.2) is 24.7 Å². The molecule has 7 nitrogen and oxygen atoms in total. The fraction of sp³-hybridized carbons (Fsp3) is 0.182. The quantitative estimate of drug-likeness (QED) is 0.415. The Morgan fingerprint density at radius 1 is 1.00 bits per heavy atom. The number of halogens is 3. The summed E-state index contributed by atoms with van der Waals surface area (Å²) in [6.07, 6.45) is -4.29. The highest BCUT2D eigenvalue weighted by Gasteiger charge is 2.30. The molecule has 0 atom stereocenters. The first-order chi connectivity index (χ1) is 15.7. The maximum atomic E-state index is 13.0. The lowest BCUT2D eigenvalue weighted by atomic mass is 10.1. The topological polar surface area (TPSA) is 96.4 Å². The Balaban J connectivity index is 1.68. The number of alkyl halides is 3. The molecule has 4 aromatic rings. The van der Waals surface area contributed by atoms with Gasteiger partial charge in [0.25, 0.3) is 5.56 Å². The van der Waals surface area contributed by atoms with Gasteiger partial charge in [-0.15, -0.1) is 10.2 Å². The third-order valence-electron chi connectivity index (χ3n) is 4.75. The molecule has 33 heavy (non-hydrogen) atoms. The highest BCUT2D eigenvalue weighted by molar-refractivity contribution is 7.98. The molecule has 2 heterocycles. The summed E-state index contributed by atoms with van der Waals surface area (Å²) in [6.45, 7) is 1.93. The second-order valence-electron chi connectivity index (χ2n) is 7.35. The first-order valence-corrected chi connectivity index (χ1v) is 10.8. The highest BCUT2D eigenvalue weighted by Crippen LogP contribution is 2.31. The van der Waals surface area contributed by atoms with Crippen molar-refractivity contribution in [2.45, 2.75) is 30.4 Å². The zero-order valence-corrected chi connectivity index (χ0v) is 18.1. The van der Waals surface area contributed by atoms with E-state index in [1.54, 1.807) is 10.6 Å². The number of aromatic nitrogens is 5. The van der Waals surface area contributed by atoms with Crippen LogP contribution in [-0.2, 0) is 18.3 Å². The van der Waals surface area contributed by atoms with Gasteiger partial charge in [-0.25, -0.2) is 4.79 Å². The molecular formula is C22H18F3N5O2S. The number of rotatable bonds is 6. The Morgan fingerprint density at radius 3 is 2.52 bits per heavy atom. The summed E-state index contributed by atoms with van der Waals surface area (Å²) in [5, 5.41) is 8.92. The molecule has 0 saturated carbocycles. The molecule has 0 aliphatic heterocycles. The van der Waals surface area contributed by atoms with Crippen molar-refractivity contribution in [1.29, 1.82) is 0 Å². The zero-order valence-electron chi connectivity index (χ0n) is 17.3. The van der Waals surface area contributed by atoms with Crippen LogP contribution in [0.1, 0.15) is 28.2 Å². The highest BCUT2D eigenvalue weighted by atomic mass is 32.2. The van der Waals surface area contributed by atoms with Gasteiger partial charge < -0.3 is 4.98 Å². The van der Waals surface area contributed by atoms with Crippen molar-refractivity contribution in [3.63, 3.8) is 0 Å². The summed E-state index contributed by atoms with van der Waals surface area (Å²) < 4.78 is 40.9. The molecular weight excluding hydrogens is 455 g/mol. The van der Waals surface area contributed by atoms with Crippen LogP contribution in [0.5, 0.6) is 0 Å². The number of aryl methyl sites for hydroxylation is 1. The molecule has 2 aromatic carbocycles. The second-order valence-corrected chi connectivity index (χ2v) is 8.29. The van der Waals surface area contributed by atoms with Crippen molar-refractivity contribution in [3.8, 4) is 5.69 Å². The Morgan fingerprint density at radius 2 is 1.79 bits per heavy atom. The number of benzene rings is 2. The van der Waals surface area contributed by atoms with Crippen molar-refractivity contribution in [2.24, 2.45) is 0 Å². The average Bonchev–Trinajstić information content (AvgIpc) is 3.13. The van der Waals surface area contributed by atoms with Crippen LogP contribution in [0.2, 0.25) is 0 Å². The number of H-pyrrole nitrogens is 2. The van der Waals surface area contributed by atoms with E-state index in [0.717, 1.165) is 23.4 Å². The third-order valence-corrected chi connectivity index (χ3v) is 5.75. The molecule has 170 valence electrons. The van der Waals surface area contributed by atoms with E-state index in [1.807, 2.05) is 31.2 Å². The van der Waals surface area contributed by atoms with Crippen LogP contribution in [0.3, 0.4) is 0 Å². The summed E-state index contributed by atoms with van der Waals surface area (Å²) in [4.78, 5) is 28.0. The smallest absolute Gasteiger partial charge is 0.311 e. The molecule has 0 unspecified atom stereocenters. The van der Waals surface area contributed by atoms with Gasteiger partial charge in [0, 0.05) is 29.6 Å². The van der Waals surface area contributed by atoms with E-state index in [-0.39, 0.29) is 12.2 Å². The average molecular weight is 473 g/mol. The molecule has 2 aromatic heterocycles. The fourth-order valence-electron chi connectivity index (χ4n) is 3.30. The standard InChI is InChI=1S/C22H18F3N5O2S/c1-13-4-2-7-17(8-13)30-18(10-16-11-19(31)27-20(32)26-16)28-29-21(30)33-12-14-5-3-6-15(9-14)22(23,24)25/h2-9,11H,10,12H2,1H3,(H2,26,27,31,32). The maximum Gasteiger partial charge on any atom is 0.416 e. The minimum atomic E-state index is -4.42. The first kappa shape index (κ1) is 22.6. The predicted octanol–water partition coefficient (Wildman–Crippen LogP) is 3.85. The van der Waals surface area contributed by atoms with Crippen molar-refractivity contribution in [3.05, 3.63) is 104 Å². The predicted molar refractivity (Wildman–Crippen MR) is 118 cm³/mol. The van der Waals surface area contributed by atoms with Crippen molar-refractivity contribution in [2.75, 3.05) is 0 Å². The molecule has 0 bridgehead atoms. The number of hydrogen-bond acceptors (Lipinski definition) is 5. The summed E-state index contributed by atoms with van der Waals surface area (Å²) in [5.74, 6) is 0.712. The Kier molecular flexibility index (Phi) is 6.23. The summed E-state index contributed by atoms with van der Waals surface area (Å²) in [7, 11) is 0. The minimum Gasteiger partial charge on any atom is -0.311 e. The van der Waals surface area contributed by atoms with Crippen molar-refractivity contribution < 1.29 is 13.2 Å². The molecule has 2 N–H and O–H groups in total. The largest absolute Gasteiger partial charge is 0.416 e. The van der Waals surface area contributed by atoms with E-state index in [9.17, 15) is 22.8 Å². The molecule has 0 aliphatic carbocycles. The van der Waals surface area contributed by atoms with E-state index in [1.165, 1.54) is 23.9 Å². The SMILES string of the molecule is Cc1cccc(-n2c(Cc3cc(=O)[nH]c(=O)[nH]3)nnc2SCc2cccc(C(F)(F)F)c2)c1. The molecule has 0 aliphatic rings. The summed E-state index contributed by atoms with van der Waals surface area (Å²) >= 11 is 1.24. The number of aromatic amines is 2. The van der Waals surface area contributed by atoms with Crippen LogP contribution in [0, 0.1) is 6.92 Å². The lowest BCUT2D eigenvalue weighted by Crippen LogP contribution is -2.23. The molecule has 0 fully saturated rings. The molecule has 0 amide bonds. The van der Waals surface area contributed by atoms with Crippen LogP contribution in [0.4, 0.5) is 13.2 Å². The number of nitrogens with zero attached hydrogens (tertiary/aromatic N) is 3. The molecule has 4 rings (SSSR count). The van der Waals surface area contributed by atoms with Gasteiger partial charge in [0.1, 0.15) is 5.82 Å². The van der Waals surface area contributed by atoms with Gasteiger partial charge >= 0.3 is 11.9 Å². The molecule has 0 spiro atoms. The van der Waals surface area contributed by atoms with E-state index in [4.69, 9.17) is 0 Å². The number of thioether (sulfide) groups is 1. The van der Waals surface area contributed by atoms with Gasteiger partial charge in [-0.05, 0) is 36.2 Å². The van der Waals surface area contributed by atoms with E-state index >= 15 is 0 Å². The van der Waals surface area contributed by atoms with Gasteiger partial charge in [0.2, 0.25) is 0 Å². The summed E-state index contributed by atoms with van der Waals surface area (Å²) in [6, 6.07) is 14.0. The first-order valence-electron chi connectivity index (χ1n) is 9.82. The minimum absolute atomic E-state index is 0.129. The van der Waals surface area contributed by atoms with Crippen LogP contribution in [0.25, 0.3) is 5.69 Å². The second kappa shape index (κ2) is 9.10. The van der Waals surface area contributed by atoms with Gasteiger partial charge in [0.05, 0.1) is 5.56 Å². The number of nitrogens with one attached hydrogen (secondary N) is 2. The van der Waals surface area contributed by atoms with Crippen LogP contribution < -0.4 is 11.2 Å². The Labute approximate surface area is 189 Å². The lowest BCUT2D eigenvalue weighted by molar-refractivity contribution is -0.137. The van der Waals surface area contributed by atoms with E-state index in [0.29, 0.717) is 22.2 Å². The van der Waals surface area contributed by atoms with Gasteiger partial charge in [-0.2, -0.15) is 13.2 Å². The van der Waals surface area contributed by atoms with Crippen LogP contribution >= 0.6 is 11.8 Å². The van der Waals surface area contributed by atoms with Crippen LogP contribution in [0.15, 0.2) is 69.3 Å².